The van der Waals surface area contributed by atoms with Crippen LogP contribution in [0.2, 0.25) is 17.3 Å². The number of rotatable bonds is 4. The van der Waals surface area contributed by atoms with Crippen LogP contribution in [-0.2, 0) is 32.9 Å². The van der Waals surface area contributed by atoms with Crippen LogP contribution in [-0.4, -0.2) is 23.2 Å². The van der Waals surface area contributed by atoms with Crippen LogP contribution in [0, 0.1) is 19.1 Å². The van der Waals surface area contributed by atoms with E-state index in [0.29, 0.717) is 0 Å². The van der Waals surface area contributed by atoms with Crippen LogP contribution in [0.25, 0.3) is 55.6 Å². The Balaban J connectivity index is 0.000000185. The fourth-order valence-electron chi connectivity index (χ4n) is 6.74. The van der Waals surface area contributed by atoms with Crippen molar-refractivity contribution in [3.8, 4) is 33.6 Å². The quantitative estimate of drug-likeness (QED) is 0.131. The van der Waals surface area contributed by atoms with Gasteiger partial charge in [0.05, 0.1) is 5.58 Å². The van der Waals surface area contributed by atoms with Crippen molar-refractivity contribution in [1.82, 2.24) is 9.97 Å². The molecule has 5 heteroatoms. The minimum atomic E-state index is -1.77. The van der Waals surface area contributed by atoms with Crippen molar-refractivity contribution in [3.05, 3.63) is 138 Å². The third-order valence-electron chi connectivity index (χ3n) is 8.96. The number of nitrogens with zero attached hydrogens (tertiary/aromatic N) is 2. The molecule has 3 heterocycles. The van der Waals surface area contributed by atoms with E-state index in [1.807, 2.05) is 36.5 Å². The Kier molecular flexibility index (Phi) is 9.94. The molecule has 8 rings (SSSR count). The molecule has 0 saturated heterocycles. The Morgan fingerprint density at radius 1 is 0.787 bits per heavy atom. The van der Waals surface area contributed by atoms with Gasteiger partial charge in [-0.3, -0.25) is 0 Å². The maximum atomic E-state index is 6.42. The zero-order valence-electron chi connectivity index (χ0n) is 27.4. The predicted octanol–water partition coefficient (Wildman–Crippen LogP) is 10.4. The Morgan fingerprint density at radius 3 is 2.36 bits per heavy atom. The summed E-state index contributed by atoms with van der Waals surface area (Å²) in [5.41, 5.74) is 12.5. The van der Waals surface area contributed by atoms with E-state index in [0.717, 1.165) is 57.3 Å². The van der Waals surface area contributed by atoms with Crippen molar-refractivity contribution in [1.29, 1.82) is 0 Å². The molecular weight excluding hydrogens is 813 g/mol. The first-order valence-corrected chi connectivity index (χ1v) is 23.6. The summed E-state index contributed by atoms with van der Waals surface area (Å²) in [6.07, 6.45) is 8.71. The van der Waals surface area contributed by atoms with Gasteiger partial charge in [0.15, 0.2) is 0 Å². The first-order valence-electron chi connectivity index (χ1n) is 16.2. The Hall–Kier alpha value is -3.83. The molecule has 0 bridgehead atoms. The summed E-state index contributed by atoms with van der Waals surface area (Å²) in [7, 11) is 0. The second kappa shape index (κ2) is 14.1. The number of hydrogen-bond acceptors (Lipinski definition) is 3. The van der Waals surface area contributed by atoms with Crippen LogP contribution in [0.15, 0.2) is 114 Å². The summed E-state index contributed by atoms with van der Waals surface area (Å²) < 4.78 is 7.91. The second-order valence-electron chi connectivity index (χ2n) is 13.2. The van der Waals surface area contributed by atoms with E-state index in [9.17, 15) is 0 Å². The molecule has 47 heavy (non-hydrogen) atoms. The van der Waals surface area contributed by atoms with Crippen LogP contribution in [0.4, 0.5) is 0 Å². The SMILES string of the molecule is Cc1cc(-c2[c-]cccc2)nc[c]1[Ge]([CH3])([CH3])[CH3].[Ir].[c-]1ccc2c(oc3cccc(-c4ccccc4)c32)c1-c1nccc2c1CCCC2. The second-order valence-corrected chi connectivity index (χ2v) is 23.7. The normalized spacial score (nSPS) is 12.6. The van der Waals surface area contributed by atoms with Crippen molar-refractivity contribution < 1.29 is 24.5 Å². The van der Waals surface area contributed by atoms with Crippen molar-refractivity contribution in [2.24, 2.45) is 0 Å². The van der Waals surface area contributed by atoms with Gasteiger partial charge in [0.25, 0.3) is 0 Å². The van der Waals surface area contributed by atoms with E-state index in [2.05, 4.69) is 114 Å². The van der Waals surface area contributed by atoms with Gasteiger partial charge in [0.1, 0.15) is 5.58 Å². The summed E-state index contributed by atoms with van der Waals surface area (Å²) in [5.74, 6) is 7.20. The molecule has 0 unspecified atom stereocenters. The van der Waals surface area contributed by atoms with E-state index >= 15 is 0 Å². The van der Waals surface area contributed by atoms with E-state index in [1.54, 1.807) is 0 Å². The van der Waals surface area contributed by atoms with Crippen molar-refractivity contribution >= 4 is 39.6 Å². The number of pyridine rings is 2. The molecule has 0 saturated carbocycles. The molecule has 1 aliphatic carbocycles. The molecule has 4 aromatic carbocycles. The fraction of sp³-hybridized carbons (Fsp3) is 0.190. The van der Waals surface area contributed by atoms with E-state index in [1.165, 1.54) is 45.1 Å². The van der Waals surface area contributed by atoms with Gasteiger partial charge in [-0.25, -0.2) is 0 Å². The number of aryl methyl sites for hydroxylation is 2. The van der Waals surface area contributed by atoms with Gasteiger partial charge in [-0.2, -0.15) is 0 Å². The van der Waals surface area contributed by atoms with Crippen molar-refractivity contribution in [2.75, 3.05) is 0 Å². The van der Waals surface area contributed by atoms with Crippen LogP contribution < -0.4 is 4.40 Å². The summed E-state index contributed by atoms with van der Waals surface area (Å²) in [6.45, 7) is 2.19. The monoisotopic (exact) mass is 853 g/mol. The van der Waals surface area contributed by atoms with E-state index in [-0.39, 0.29) is 20.1 Å². The molecule has 7 aromatic rings. The number of fused-ring (bicyclic) bond motifs is 4. The molecule has 0 amide bonds. The Morgan fingerprint density at radius 2 is 1.60 bits per heavy atom. The molecule has 237 valence electrons. The zero-order valence-corrected chi connectivity index (χ0v) is 31.8. The minimum absolute atomic E-state index is 0. The maximum Gasteiger partial charge on any atom is 0.121 e. The van der Waals surface area contributed by atoms with Gasteiger partial charge in [-0.05, 0) is 54.6 Å². The molecule has 0 fully saturated rings. The largest absolute Gasteiger partial charge is 0.501 e. The fourth-order valence-corrected chi connectivity index (χ4v) is 10.3. The third kappa shape index (κ3) is 6.78. The van der Waals surface area contributed by atoms with Crippen molar-refractivity contribution in [2.45, 2.75) is 49.9 Å². The third-order valence-corrected chi connectivity index (χ3v) is 13.4. The number of benzene rings is 4. The minimum Gasteiger partial charge on any atom is -0.501 e. The predicted molar refractivity (Wildman–Crippen MR) is 194 cm³/mol. The molecule has 3 nitrogen and oxygen atoms in total. The van der Waals surface area contributed by atoms with Gasteiger partial charge < -0.3 is 9.40 Å². The van der Waals surface area contributed by atoms with Crippen LogP contribution in [0.1, 0.15) is 29.5 Å². The number of furan rings is 1. The van der Waals surface area contributed by atoms with Crippen LogP contribution in [0.5, 0.6) is 0 Å². The average molecular weight is 852 g/mol. The first-order chi connectivity index (χ1) is 22.4. The smallest absolute Gasteiger partial charge is 0.121 e. The van der Waals surface area contributed by atoms with Gasteiger partial charge in [0.2, 0.25) is 0 Å². The molecule has 1 radical (unpaired) electrons. The standard InChI is InChI=1S/C27H20NO.C15H18GeN.Ir/c1-2-8-18(9-3-1)20-12-7-15-24-25(20)22-13-6-14-23(27(22)29-24)26-21-11-5-4-10-19(21)16-17-28-26;1-12-10-15(13-8-6-5-7-9-13)17-11-14(12)16(2,3)4;/h1-3,6-9,12-13,15-17H,4-5,10-11H2;5-8,10-11H,1-4H3;/q2*-1;. The zero-order chi connectivity index (χ0) is 31.7. The summed E-state index contributed by atoms with van der Waals surface area (Å²) in [5, 5.41) is 2.29. The van der Waals surface area contributed by atoms with E-state index in [4.69, 9.17) is 9.40 Å². The van der Waals surface area contributed by atoms with Gasteiger partial charge >= 0.3 is 106 Å². The van der Waals surface area contributed by atoms with Crippen molar-refractivity contribution in [3.63, 3.8) is 0 Å². The molecule has 1 aliphatic rings. The molecule has 0 atom stereocenters. The average Bonchev–Trinajstić information content (AvgIpc) is 3.48. The summed E-state index contributed by atoms with van der Waals surface area (Å²) in [4.78, 5) is 9.36. The van der Waals surface area contributed by atoms with Crippen LogP contribution >= 0.6 is 0 Å². The number of aromatic nitrogens is 2. The molecular formula is C42H38GeIrN2O-2. The topological polar surface area (TPSA) is 38.9 Å². The summed E-state index contributed by atoms with van der Waals surface area (Å²) in [6, 6.07) is 40.0. The van der Waals surface area contributed by atoms with Gasteiger partial charge in [0, 0.05) is 31.7 Å². The van der Waals surface area contributed by atoms with Gasteiger partial charge in [-0.15, -0.1) is 18.2 Å². The Labute approximate surface area is 294 Å². The maximum absolute atomic E-state index is 6.42. The molecule has 0 N–H and O–H groups in total. The summed E-state index contributed by atoms with van der Waals surface area (Å²) >= 11 is -1.77. The van der Waals surface area contributed by atoms with Crippen LogP contribution in [0.3, 0.4) is 0 Å². The van der Waals surface area contributed by atoms with E-state index < -0.39 is 13.3 Å². The number of hydrogen-bond donors (Lipinski definition) is 0. The molecule has 3 aromatic heterocycles. The first kappa shape index (κ1) is 33.1. The molecule has 0 aliphatic heterocycles. The van der Waals surface area contributed by atoms with Gasteiger partial charge in [-0.1, -0.05) is 64.5 Å². The molecule has 0 spiro atoms. The Bertz CT molecular complexity index is 2150.